The van der Waals surface area contributed by atoms with Crippen molar-refractivity contribution in [2.75, 3.05) is 17.1 Å². The van der Waals surface area contributed by atoms with E-state index in [1.807, 2.05) is 53.1 Å². The van der Waals surface area contributed by atoms with Crippen molar-refractivity contribution >= 4 is 37.5 Å². The molecule has 0 aliphatic rings. The maximum absolute atomic E-state index is 12.4. The van der Waals surface area contributed by atoms with Gasteiger partial charge in [0.1, 0.15) is 5.75 Å². The summed E-state index contributed by atoms with van der Waals surface area (Å²) in [5, 5.41) is 13.1. The number of fused-ring (bicyclic) bond motifs is 3. The fourth-order valence-corrected chi connectivity index (χ4v) is 4.74. The second kappa shape index (κ2) is 7.98. The molecule has 156 valence electrons. The highest BCUT2D eigenvalue weighted by molar-refractivity contribution is 7.92. The van der Waals surface area contributed by atoms with Crippen molar-refractivity contribution in [2.45, 2.75) is 12.6 Å². The van der Waals surface area contributed by atoms with Gasteiger partial charge in [-0.15, -0.1) is 0 Å². The number of hydrogen-bond donors (Lipinski definition) is 2. The lowest BCUT2D eigenvalue weighted by atomic mass is 10.2. The molecule has 30 heavy (non-hydrogen) atoms. The zero-order valence-corrected chi connectivity index (χ0v) is 17.3. The van der Waals surface area contributed by atoms with Crippen molar-refractivity contribution in [3.8, 4) is 5.75 Å². The topological polar surface area (TPSA) is 97.8 Å². The molecular formula is C22H23N3O4S. The van der Waals surface area contributed by atoms with E-state index in [2.05, 4.69) is 0 Å². The molecule has 1 unspecified atom stereocenters. The molecule has 0 aliphatic heterocycles. The lowest BCUT2D eigenvalue weighted by Crippen LogP contribution is -2.38. The Balaban J connectivity index is 1.68. The van der Waals surface area contributed by atoms with Gasteiger partial charge in [0.25, 0.3) is 0 Å². The van der Waals surface area contributed by atoms with E-state index in [-0.39, 0.29) is 13.1 Å². The van der Waals surface area contributed by atoms with E-state index in [1.165, 1.54) is 6.07 Å². The van der Waals surface area contributed by atoms with Crippen molar-refractivity contribution < 1.29 is 18.4 Å². The third kappa shape index (κ3) is 3.85. The summed E-state index contributed by atoms with van der Waals surface area (Å²) in [5.74, 6) is 5.54. The van der Waals surface area contributed by atoms with E-state index in [4.69, 9.17) is 10.7 Å². The van der Waals surface area contributed by atoms with Crippen LogP contribution in [-0.4, -0.2) is 37.0 Å². The molecule has 0 amide bonds. The van der Waals surface area contributed by atoms with Gasteiger partial charge in [0, 0.05) is 27.9 Å². The van der Waals surface area contributed by atoms with Gasteiger partial charge in [-0.05, 0) is 24.3 Å². The molecule has 0 saturated carbocycles. The second-order valence-corrected chi connectivity index (χ2v) is 9.11. The first-order valence-electron chi connectivity index (χ1n) is 9.47. The Morgan fingerprint density at radius 1 is 1.00 bits per heavy atom. The molecule has 3 aromatic carbocycles. The molecule has 0 aliphatic carbocycles. The zero-order chi connectivity index (χ0) is 21.3. The van der Waals surface area contributed by atoms with Crippen LogP contribution in [-0.2, 0) is 16.6 Å². The van der Waals surface area contributed by atoms with E-state index in [1.54, 1.807) is 18.2 Å². The van der Waals surface area contributed by atoms with Crippen LogP contribution >= 0.6 is 0 Å². The molecule has 0 radical (unpaired) electrons. The number of aliphatic hydroxyl groups excluding tert-OH is 1. The summed E-state index contributed by atoms with van der Waals surface area (Å²) in [5.41, 5.74) is 2.35. The molecule has 0 fully saturated rings. The summed E-state index contributed by atoms with van der Waals surface area (Å²) < 4.78 is 28.0. The minimum Gasteiger partial charge on any atom is -0.411 e. The average Bonchev–Trinajstić information content (AvgIpc) is 3.05. The van der Waals surface area contributed by atoms with Gasteiger partial charge >= 0.3 is 0 Å². The normalized spacial score (nSPS) is 12.9. The first-order valence-corrected chi connectivity index (χ1v) is 11.3. The summed E-state index contributed by atoms with van der Waals surface area (Å²) in [6.07, 6.45) is 0.164. The maximum Gasteiger partial charge on any atom is 0.232 e. The largest absolute Gasteiger partial charge is 0.411 e. The van der Waals surface area contributed by atoms with Gasteiger partial charge in [0.2, 0.25) is 10.0 Å². The van der Waals surface area contributed by atoms with Crippen LogP contribution in [0.5, 0.6) is 5.75 Å². The minimum atomic E-state index is -3.63. The van der Waals surface area contributed by atoms with Gasteiger partial charge in [-0.25, -0.2) is 8.42 Å². The van der Waals surface area contributed by atoms with Crippen molar-refractivity contribution in [3.05, 3.63) is 72.8 Å². The summed E-state index contributed by atoms with van der Waals surface area (Å²) in [6.45, 7) is 0.140. The number of nitrogens with two attached hydrogens (primary N) is 1. The van der Waals surface area contributed by atoms with Crippen LogP contribution < -0.4 is 15.0 Å². The van der Waals surface area contributed by atoms with Gasteiger partial charge in [-0.2, -0.15) is 5.90 Å². The standard InChI is InChI=1S/C22H23N3O4S/c1-30(27,28)25(16-7-6-8-18(13-16)29-23)15-17(26)14-24-21-11-4-2-9-19(21)20-10-3-5-12-22(20)24/h2-13,17,26H,14-15,23H2,1H3. The number of aliphatic hydroxyl groups is 1. The van der Waals surface area contributed by atoms with Crippen LogP contribution in [0.3, 0.4) is 0 Å². The summed E-state index contributed by atoms with van der Waals surface area (Å²) in [6, 6.07) is 22.4. The van der Waals surface area contributed by atoms with Crippen LogP contribution in [0.1, 0.15) is 0 Å². The highest BCUT2D eigenvalue weighted by Crippen LogP contribution is 2.29. The number of anilines is 1. The Bertz CT molecular complexity index is 1250. The van der Waals surface area contributed by atoms with E-state index < -0.39 is 16.1 Å². The number of aromatic nitrogens is 1. The Labute approximate surface area is 174 Å². The molecule has 4 rings (SSSR count). The van der Waals surface area contributed by atoms with Gasteiger partial charge in [-0.1, -0.05) is 42.5 Å². The van der Waals surface area contributed by atoms with E-state index in [0.29, 0.717) is 11.4 Å². The summed E-state index contributed by atoms with van der Waals surface area (Å²) >= 11 is 0. The SMILES string of the molecule is CS(=O)(=O)N(CC(O)Cn1c2ccccc2c2ccccc21)c1cccc(ON)c1. The smallest absolute Gasteiger partial charge is 0.232 e. The molecule has 8 heteroatoms. The molecule has 4 aromatic rings. The Kier molecular flexibility index (Phi) is 5.38. The Morgan fingerprint density at radius 2 is 1.60 bits per heavy atom. The molecule has 1 atom stereocenters. The molecule has 7 nitrogen and oxygen atoms in total. The third-order valence-corrected chi connectivity index (χ3v) is 6.25. The number of rotatable bonds is 7. The number of hydrogen-bond acceptors (Lipinski definition) is 5. The predicted molar refractivity (Wildman–Crippen MR) is 119 cm³/mol. The zero-order valence-electron chi connectivity index (χ0n) is 16.5. The van der Waals surface area contributed by atoms with Gasteiger partial charge in [-0.3, -0.25) is 4.31 Å². The second-order valence-electron chi connectivity index (χ2n) is 7.21. The number of para-hydroxylation sites is 2. The summed E-state index contributed by atoms with van der Waals surface area (Å²) in [4.78, 5) is 4.72. The molecule has 1 aromatic heterocycles. The maximum atomic E-state index is 12.4. The minimum absolute atomic E-state index is 0.103. The van der Waals surface area contributed by atoms with Crippen molar-refractivity contribution in [1.82, 2.24) is 4.57 Å². The van der Waals surface area contributed by atoms with Crippen molar-refractivity contribution in [1.29, 1.82) is 0 Å². The van der Waals surface area contributed by atoms with Crippen LogP contribution in [0, 0.1) is 0 Å². The molecule has 0 spiro atoms. The van der Waals surface area contributed by atoms with Gasteiger partial charge < -0.3 is 14.5 Å². The molecule has 0 saturated heterocycles. The Morgan fingerprint density at radius 3 is 2.17 bits per heavy atom. The lowest BCUT2D eigenvalue weighted by molar-refractivity contribution is 0.166. The fourth-order valence-electron chi connectivity index (χ4n) is 3.80. The van der Waals surface area contributed by atoms with Gasteiger partial charge in [0.15, 0.2) is 0 Å². The first kappa shape index (κ1) is 20.2. The Hall–Kier alpha value is -3.07. The molecule has 3 N–H and O–H groups in total. The summed E-state index contributed by atoms with van der Waals surface area (Å²) in [7, 11) is -3.63. The molecule has 0 bridgehead atoms. The van der Waals surface area contributed by atoms with Crippen molar-refractivity contribution in [2.24, 2.45) is 5.90 Å². The van der Waals surface area contributed by atoms with Crippen LogP contribution in [0.25, 0.3) is 21.8 Å². The van der Waals surface area contributed by atoms with E-state index >= 15 is 0 Å². The van der Waals surface area contributed by atoms with E-state index in [9.17, 15) is 13.5 Å². The van der Waals surface area contributed by atoms with Crippen LogP contribution in [0.2, 0.25) is 0 Å². The number of nitrogens with zero attached hydrogens (tertiary/aromatic N) is 2. The monoisotopic (exact) mass is 425 g/mol. The number of benzene rings is 3. The predicted octanol–water partition coefficient (Wildman–Crippen LogP) is 2.87. The fraction of sp³-hybridized carbons (Fsp3) is 0.182. The quantitative estimate of drug-likeness (QED) is 0.444. The van der Waals surface area contributed by atoms with Gasteiger partial charge in [0.05, 0.1) is 31.1 Å². The van der Waals surface area contributed by atoms with Crippen LogP contribution in [0.15, 0.2) is 72.8 Å². The number of sulfonamides is 1. The van der Waals surface area contributed by atoms with Crippen LogP contribution in [0.4, 0.5) is 5.69 Å². The third-order valence-electron chi connectivity index (χ3n) is 5.09. The highest BCUT2D eigenvalue weighted by Gasteiger charge is 2.23. The molecule has 1 heterocycles. The lowest BCUT2D eigenvalue weighted by Gasteiger charge is -2.26. The van der Waals surface area contributed by atoms with Crippen molar-refractivity contribution in [3.63, 3.8) is 0 Å². The first-order chi connectivity index (χ1) is 14.4. The van der Waals surface area contributed by atoms with E-state index in [0.717, 1.165) is 32.4 Å². The molecular weight excluding hydrogens is 402 g/mol. The highest BCUT2D eigenvalue weighted by atomic mass is 32.2. The average molecular weight is 426 g/mol.